The molecule has 1 unspecified atom stereocenters. The molecule has 1 atom stereocenters. The minimum Gasteiger partial charge on any atom is -0.316 e. The molecule has 1 N–H and O–H groups in total. The third-order valence-electron chi connectivity index (χ3n) is 4.15. The standard InChI is InChI=1S/C10H18N2O2S.ClH/c13-15(14)8-10(4-5-11-6-10)7-12(15)9-2-1-3-9;/h9,11H,1-8H2;1H. The molecule has 0 aromatic rings. The lowest BCUT2D eigenvalue weighted by Crippen LogP contribution is -2.42. The number of hydrogen-bond acceptors (Lipinski definition) is 3. The highest BCUT2D eigenvalue weighted by atomic mass is 35.5. The van der Waals surface area contributed by atoms with E-state index in [1.54, 1.807) is 4.31 Å². The van der Waals surface area contributed by atoms with E-state index >= 15 is 0 Å². The smallest absolute Gasteiger partial charge is 0.215 e. The van der Waals surface area contributed by atoms with Crippen molar-refractivity contribution in [2.45, 2.75) is 31.7 Å². The predicted molar refractivity (Wildman–Crippen MR) is 65.3 cm³/mol. The van der Waals surface area contributed by atoms with Crippen LogP contribution >= 0.6 is 12.4 Å². The molecule has 3 fully saturated rings. The van der Waals surface area contributed by atoms with Gasteiger partial charge in [-0.3, -0.25) is 0 Å². The number of sulfonamides is 1. The van der Waals surface area contributed by atoms with Gasteiger partial charge >= 0.3 is 0 Å². The summed E-state index contributed by atoms with van der Waals surface area (Å²) < 4.78 is 25.9. The van der Waals surface area contributed by atoms with Crippen molar-refractivity contribution >= 4 is 22.4 Å². The van der Waals surface area contributed by atoms with Crippen molar-refractivity contribution in [3.8, 4) is 0 Å². The molecule has 2 heterocycles. The van der Waals surface area contributed by atoms with Crippen LogP contribution in [0.4, 0.5) is 0 Å². The van der Waals surface area contributed by atoms with Crippen molar-refractivity contribution in [2.24, 2.45) is 5.41 Å². The van der Waals surface area contributed by atoms with E-state index in [2.05, 4.69) is 5.32 Å². The SMILES string of the molecule is Cl.O=S1(=O)CC2(CCNC2)CN1C1CCC1. The Morgan fingerprint density at radius 1 is 1.31 bits per heavy atom. The third kappa shape index (κ3) is 1.88. The molecule has 6 heteroatoms. The van der Waals surface area contributed by atoms with E-state index in [0.717, 1.165) is 38.9 Å². The van der Waals surface area contributed by atoms with E-state index in [9.17, 15) is 8.42 Å². The first kappa shape index (κ1) is 12.6. The molecule has 4 nitrogen and oxygen atoms in total. The number of rotatable bonds is 1. The molecule has 2 aliphatic heterocycles. The number of halogens is 1. The van der Waals surface area contributed by atoms with Crippen molar-refractivity contribution in [3.63, 3.8) is 0 Å². The summed E-state index contributed by atoms with van der Waals surface area (Å²) in [7, 11) is -2.95. The van der Waals surface area contributed by atoms with Gasteiger partial charge in [0.25, 0.3) is 0 Å². The summed E-state index contributed by atoms with van der Waals surface area (Å²) in [6.45, 7) is 2.64. The van der Waals surface area contributed by atoms with E-state index < -0.39 is 10.0 Å². The van der Waals surface area contributed by atoms with E-state index in [4.69, 9.17) is 0 Å². The Balaban J connectivity index is 0.000000963. The molecule has 0 radical (unpaired) electrons. The summed E-state index contributed by atoms with van der Waals surface area (Å²) in [5.74, 6) is 0.378. The van der Waals surface area contributed by atoms with Gasteiger partial charge in [-0.1, -0.05) is 6.42 Å². The van der Waals surface area contributed by atoms with Crippen LogP contribution in [0.15, 0.2) is 0 Å². The molecule has 0 aromatic carbocycles. The Labute approximate surface area is 103 Å². The Morgan fingerprint density at radius 3 is 2.56 bits per heavy atom. The fourth-order valence-corrected chi connectivity index (χ4v) is 5.44. The fraction of sp³-hybridized carbons (Fsp3) is 1.00. The van der Waals surface area contributed by atoms with Gasteiger partial charge in [0, 0.05) is 24.5 Å². The number of nitrogens with one attached hydrogen (secondary N) is 1. The summed E-state index contributed by atoms with van der Waals surface area (Å²) in [4.78, 5) is 0. The molecule has 0 amide bonds. The topological polar surface area (TPSA) is 49.4 Å². The maximum atomic E-state index is 12.1. The second-order valence-electron chi connectivity index (χ2n) is 5.31. The molecular weight excluding hydrogens is 248 g/mol. The monoisotopic (exact) mass is 266 g/mol. The Bertz CT molecular complexity index is 361. The van der Waals surface area contributed by atoms with Crippen molar-refractivity contribution < 1.29 is 8.42 Å². The molecular formula is C10H19ClN2O2S. The Hall–Kier alpha value is 0.160. The lowest BCUT2D eigenvalue weighted by Gasteiger charge is -2.34. The summed E-state index contributed by atoms with van der Waals surface area (Å²) in [6, 6.07) is 0.329. The van der Waals surface area contributed by atoms with E-state index in [1.807, 2.05) is 0 Å². The molecule has 0 aromatic heterocycles. The van der Waals surface area contributed by atoms with E-state index in [1.165, 1.54) is 6.42 Å². The highest BCUT2D eigenvalue weighted by molar-refractivity contribution is 7.89. The highest BCUT2D eigenvalue weighted by Crippen LogP contribution is 2.40. The zero-order chi connectivity index (χ0) is 10.5. The van der Waals surface area contributed by atoms with Crippen LogP contribution in [0, 0.1) is 5.41 Å². The second kappa shape index (κ2) is 4.12. The Morgan fingerprint density at radius 2 is 2.06 bits per heavy atom. The van der Waals surface area contributed by atoms with Crippen LogP contribution in [0.3, 0.4) is 0 Å². The van der Waals surface area contributed by atoms with Gasteiger partial charge in [-0.15, -0.1) is 12.4 Å². The predicted octanol–water partition coefficient (Wildman–Crippen LogP) is 0.586. The summed E-state index contributed by atoms with van der Waals surface area (Å²) >= 11 is 0. The fourth-order valence-electron chi connectivity index (χ4n) is 3.03. The lowest BCUT2D eigenvalue weighted by molar-refractivity contribution is 0.191. The average Bonchev–Trinajstić information content (AvgIpc) is 2.56. The maximum absolute atomic E-state index is 12.1. The highest BCUT2D eigenvalue weighted by Gasteiger charge is 2.51. The van der Waals surface area contributed by atoms with Crippen molar-refractivity contribution in [1.82, 2.24) is 9.62 Å². The number of nitrogens with zero attached hydrogens (tertiary/aromatic N) is 1. The zero-order valence-electron chi connectivity index (χ0n) is 9.31. The molecule has 94 valence electrons. The van der Waals surface area contributed by atoms with E-state index in [-0.39, 0.29) is 17.8 Å². The minimum atomic E-state index is -2.95. The zero-order valence-corrected chi connectivity index (χ0v) is 10.9. The molecule has 1 aliphatic carbocycles. The minimum absolute atomic E-state index is 0. The second-order valence-corrected chi connectivity index (χ2v) is 7.23. The van der Waals surface area contributed by atoms with Crippen LogP contribution in [0.2, 0.25) is 0 Å². The summed E-state index contributed by atoms with van der Waals surface area (Å²) in [5, 5.41) is 3.30. The first-order chi connectivity index (χ1) is 7.11. The van der Waals surface area contributed by atoms with Gasteiger partial charge in [-0.25, -0.2) is 8.42 Å². The van der Waals surface area contributed by atoms with E-state index in [0.29, 0.717) is 11.8 Å². The average molecular weight is 267 g/mol. The molecule has 1 saturated carbocycles. The largest absolute Gasteiger partial charge is 0.316 e. The van der Waals surface area contributed by atoms with Gasteiger partial charge in [0.05, 0.1) is 5.75 Å². The summed E-state index contributed by atoms with van der Waals surface area (Å²) in [5.41, 5.74) is 0.0361. The first-order valence-corrected chi connectivity index (χ1v) is 7.43. The normalized spacial score (nSPS) is 38.5. The van der Waals surface area contributed by atoms with Crippen LogP contribution in [-0.4, -0.2) is 44.2 Å². The molecule has 3 aliphatic rings. The van der Waals surface area contributed by atoms with Crippen LogP contribution < -0.4 is 5.32 Å². The molecule has 1 spiro atoms. The lowest BCUT2D eigenvalue weighted by atomic mass is 9.87. The number of hydrogen-bond donors (Lipinski definition) is 1. The summed E-state index contributed by atoms with van der Waals surface area (Å²) in [6.07, 6.45) is 4.36. The van der Waals surface area contributed by atoms with Gasteiger partial charge in [0.1, 0.15) is 0 Å². The van der Waals surface area contributed by atoms with Crippen LogP contribution in [0.25, 0.3) is 0 Å². The molecule has 3 rings (SSSR count). The maximum Gasteiger partial charge on any atom is 0.215 e. The molecule has 2 saturated heterocycles. The van der Waals surface area contributed by atoms with Gasteiger partial charge in [0.15, 0.2) is 0 Å². The van der Waals surface area contributed by atoms with Gasteiger partial charge < -0.3 is 5.32 Å². The molecule has 0 bridgehead atoms. The van der Waals surface area contributed by atoms with Gasteiger partial charge in [-0.05, 0) is 25.8 Å². The third-order valence-corrected chi connectivity index (χ3v) is 6.27. The van der Waals surface area contributed by atoms with Crippen molar-refractivity contribution in [2.75, 3.05) is 25.4 Å². The van der Waals surface area contributed by atoms with Crippen LogP contribution in [-0.2, 0) is 10.0 Å². The van der Waals surface area contributed by atoms with Gasteiger partial charge in [-0.2, -0.15) is 4.31 Å². The Kier molecular flexibility index (Phi) is 3.25. The van der Waals surface area contributed by atoms with Crippen molar-refractivity contribution in [1.29, 1.82) is 0 Å². The van der Waals surface area contributed by atoms with Crippen molar-refractivity contribution in [3.05, 3.63) is 0 Å². The molecule has 16 heavy (non-hydrogen) atoms. The first-order valence-electron chi connectivity index (χ1n) is 5.82. The van der Waals surface area contributed by atoms with Crippen LogP contribution in [0.5, 0.6) is 0 Å². The van der Waals surface area contributed by atoms with Crippen LogP contribution in [0.1, 0.15) is 25.7 Å². The quantitative estimate of drug-likeness (QED) is 0.756. The van der Waals surface area contributed by atoms with Gasteiger partial charge in [0.2, 0.25) is 10.0 Å².